The molecule has 19 heavy (non-hydrogen) atoms. The Hall–Kier alpha value is -1.79. The van der Waals surface area contributed by atoms with Gasteiger partial charge >= 0.3 is 5.97 Å². The van der Waals surface area contributed by atoms with Gasteiger partial charge in [0.2, 0.25) is 0 Å². The summed E-state index contributed by atoms with van der Waals surface area (Å²) in [7, 11) is 0. The second-order valence-electron chi connectivity index (χ2n) is 4.99. The van der Waals surface area contributed by atoms with Gasteiger partial charge in [0.1, 0.15) is 0 Å². The number of aryl methyl sites for hydroxylation is 3. The third-order valence-electron chi connectivity index (χ3n) is 3.34. The molecule has 0 aliphatic heterocycles. The van der Waals surface area contributed by atoms with Crippen LogP contribution in [0.2, 0.25) is 0 Å². The van der Waals surface area contributed by atoms with Crippen molar-refractivity contribution in [1.29, 1.82) is 0 Å². The molecule has 0 aliphatic carbocycles. The molecule has 0 aliphatic rings. The molecule has 0 aromatic heterocycles. The molecule has 1 rings (SSSR count). The van der Waals surface area contributed by atoms with Gasteiger partial charge in [-0.3, -0.25) is 9.69 Å². The SMILES string of the molecule is C#CCN(CC(=O)O)C(C)c1c(C)cc(C)cc1C. The van der Waals surface area contributed by atoms with Crippen molar-refractivity contribution in [3.8, 4) is 12.3 Å². The van der Waals surface area contributed by atoms with Gasteiger partial charge < -0.3 is 5.11 Å². The first-order chi connectivity index (χ1) is 8.86. The van der Waals surface area contributed by atoms with E-state index in [1.807, 2.05) is 6.92 Å². The second kappa shape index (κ2) is 6.40. The number of terminal acetylenes is 1. The van der Waals surface area contributed by atoms with Gasteiger partial charge in [-0.2, -0.15) is 0 Å². The van der Waals surface area contributed by atoms with E-state index >= 15 is 0 Å². The Morgan fingerprint density at radius 2 is 1.89 bits per heavy atom. The smallest absolute Gasteiger partial charge is 0.317 e. The van der Waals surface area contributed by atoms with E-state index < -0.39 is 5.97 Å². The lowest BCUT2D eigenvalue weighted by atomic mass is 9.94. The van der Waals surface area contributed by atoms with Crippen LogP contribution in [0.5, 0.6) is 0 Å². The normalized spacial score (nSPS) is 12.2. The van der Waals surface area contributed by atoms with E-state index in [4.69, 9.17) is 11.5 Å². The number of benzene rings is 1. The number of carboxylic acid groups (broad SMARTS) is 1. The van der Waals surface area contributed by atoms with E-state index in [0.29, 0.717) is 6.54 Å². The Morgan fingerprint density at radius 3 is 2.32 bits per heavy atom. The van der Waals surface area contributed by atoms with Crippen LogP contribution in [0.1, 0.15) is 35.2 Å². The van der Waals surface area contributed by atoms with Crippen LogP contribution < -0.4 is 0 Å². The fourth-order valence-electron chi connectivity index (χ4n) is 2.65. The van der Waals surface area contributed by atoms with Crippen LogP contribution in [0.4, 0.5) is 0 Å². The third kappa shape index (κ3) is 3.84. The molecule has 1 atom stereocenters. The number of carboxylic acids is 1. The number of hydrogen-bond acceptors (Lipinski definition) is 2. The highest BCUT2D eigenvalue weighted by Crippen LogP contribution is 2.27. The van der Waals surface area contributed by atoms with E-state index in [1.165, 1.54) is 22.3 Å². The van der Waals surface area contributed by atoms with Gasteiger partial charge in [0.15, 0.2) is 0 Å². The van der Waals surface area contributed by atoms with Crippen molar-refractivity contribution in [2.75, 3.05) is 13.1 Å². The van der Waals surface area contributed by atoms with Gasteiger partial charge in [0, 0.05) is 6.04 Å². The number of rotatable bonds is 5. The number of aliphatic carboxylic acids is 1. The molecular weight excluding hydrogens is 238 g/mol. The molecule has 0 spiro atoms. The maximum absolute atomic E-state index is 10.9. The summed E-state index contributed by atoms with van der Waals surface area (Å²) in [6.45, 7) is 8.47. The Balaban J connectivity index is 3.12. The van der Waals surface area contributed by atoms with Gasteiger partial charge in [-0.05, 0) is 44.4 Å². The van der Waals surface area contributed by atoms with Crippen LogP contribution in [0.15, 0.2) is 12.1 Å². The maximum atomic E-state index is 10.9. The summed E-state index contributed by atoms with van der Waals surface area (Å²) in [6, 6.07) is 4.23. The Bertz CT molecular complexity index is 491. The molecule has 3 nitrogen and oxygen atoms in total. The average Bonchev–Trinajstić information content (AvgIpc) is 2.26. The third-order valence-corrected chi connectivity index (χ3v) is 3.34. The Morgan fingerprint density at radius 1 is 1.37 bits per heavy atom. The Labute approximate surface area is 115 Å². The highest BCUT2D eigenvalue weighted by Gasteiger charge is 2.20. The minimum absolute atomic E-state index is 0.00671. The van der Waals surface area contributed by atoms with Crippen LogP contribution in [0.3, 0.4) is 0 Å². The zero-order valence-electron chi connectivity index (χ0n) is 12.0. The Kier molecular flexibility index (Phi) is 5.14. The van der Waals surface area contributed by atoms with E-state index in [0.717, 1.165) is 0 Å². The topological polar surface area (TPSA) is 40.5 Å². The van der Waals surface area contributed by atoms with Crippen molar-refractivity contribution in [2.24, 2.45) is 0 Å². The van der Waals surface area contributed by atoms with E-state index in [9.17, 15) is 4.79 Å². The highest BCUT2D eigenvalue weighted by molar-refractivity contribution is 5.69. The molecule has 3 heteroatoms. The monoisotopic (exact) mass is 259 g/mol. The predicted octanol–water partition coefficient (Wildman–Crippen LogP) is 2.69. The zero-order valence-corrected chi connectivity index (χ0v) is 12.0. The molecule has 1 N–H and O–H groups in total. The van der Waals surface area contributed by atoms with Gasteiger partial charge in [0.05, 0.1) is 13.1 Å². The molecular formula is C16H21NO2. The molecule has 0 heterocycles. The first-order valence-electron chi connectivity index (χ1n) is 6.33. The van der Waals surface area contributed by atoms with Crippen LogP contribution in [-0.2, 0) is 4.79 Å². The molecule has 1 aromatic carbocycles. The summed E-state index contributed by atoms with van der Waals surface area (Å²) in [5.41, 5.74) is 4.74. The molecule has 0 amide bonds. The molecule has 0 bridgehead atoms. The molecule has 0 radical (unpaired) electrons. The molecule has 0 saturated carbocycles. The number of nitrogens with zero attached hydrogens (tertiary/aromatic N) is 1. The van der Waals surface area contributed by atoms with Gasteiger partial charge in [-0.25, -0.2) is 0 Å². The minimum Gasteiger partial charge on any atom is -0.480 e. The molecule has 1 aromatic rings. The minimum atomic E-state index is -0.857. The summed E-state index contributed by atoms with van der Waals surface area (Å²) in [4.78, 5) is 12.7. The summed E-state index contributed by atoms with van der Waals surface area (Å²) in [5, 5.41) is 8.98. The van der Waals surface area contributed by atoms with Crippen LogP contribution >= 0.6 is 0 Å². The summed E-state index contributed by atoms with van der Waals surface area (Å²) < 4.78 is 0. The first-order valence-corrected chi connectivity index (χ1v) is 6.33. The molecule has 102 valence electrons. The molecule has 0 saturated heterocycles. The average molecular weight is 259 g/mol. The van der Waals surface area contributed by atoms with E-state index in [1.54, 1.807) is 4.90 Å². The van der Waals surface area contributed by atoms with Gasteiger partial charge in [-0.15, -0.1) is 6.42 Å². The largest absolute Gasteiger partial charge is 0.480 e. The highest BCUT2D eigenvalue weighted by atomic mass is 16.4. The lowest BCUT2D eigenvalue weighted by Gasteiger charge is -2.28. The second-order valence-corrected chi connectivity index (χ2v) is 4.99. The fourth-order valence-corrected chi connectivity index (χ4v) is 2.65. The maximum Gasteiger partial charge on any atom is 0.317 e. The van der Waals surface area contributed by atoms with Crippen molar-refractivity contribution >= 4 is 5.97 Å². The zero-order chi connectivity index (χ0) is 14.6. The predicted molar refractivity (Wildman–Crippen MR) is 77.1 cm³/mol. The van der Waals surface area contributed by atoms with Crippen molar-refractivity contribution in [3.63, 3.8) is 0 Å². The molecule has 1 unspecified atom stereocenters. The molecule has 0 fully saturated rings. The van der Waals surface area contributed by atoms with Crippen molar-refractivity contribution in [3.05, 3.63) is 34.4 Å². The van der Waals surface area contributed by atoms with E-state index in [2.05, 4.69) is 38.8 Å². The number of hydrogen-bond donors (Lipinski definition) is 1. The van der Waals surface area contributed by atoms with Crippen molar-refractivity contribution in [1.82, 2.24) is 4.90 Å². The first kappa shape index (κ1) is 15.3. The quantitative estimate of drug-likeness (QED) is 0.826. The summed E-state index contributed by atoms with van der Waals surface area (Å²) >= 11 is 0. The van der Waals surface area contributed by atoms with Crippen LogP contribution in [-0.4, -0.2) is 29.1 Å². The van der Waals surface area contributed by atoms with Crippen molar-refractivity contribution in [2.45, 2.75) is 33.7 Å². The standard InChI is InChI=1S/C16H21NO2/c1-6-7-17(10-15(18)19)14(5)16-12(3)8-11(2)9-13(16)4/h1,8-9,14H,7,10H2,2-5H3,(H,18,19). The van der Waals surface area contributed by atoms with Crippen LogP contribution in [0.25, 0.3) is 0 Å². The van der Waals surface area contributed by atoms with Crippen molar-refractivity contribution < 1.29 is 9.90 Å². The summed E-state index contributed by atoms with van der Waals surface area (Å²) in [6.07, 6.45) is 5.34. The van der Waals surface area contributed by atoms with Gasteiger partial charge in [0.25, 0.3) is 0 Å². The summed E-state index contributed by atoms with van der Waals surface area (Å²) in [5.74, 6) is 1.68. The number of carbonyl (C=O) groups is 1. The lowest BCUT2D eigenvalue weighted by molar-refractivity contribution is -0.138. The lowest BCUT2D eigenvalue weighted by Crippen LogP contribution is -2.33. The fraction of sp³-hybridized carbons (Fsp3) is 0.438. The van der Waals surface area contributed by atoms with E-state index in [-0.39, 0.29) is 12.6 Å². The van der Waals surface area contributed by atoms with Gasteiger partial charge in [-0.1, -0.05) is 23.6 Å². The van der Waals surface area contributed by atoms with Crippen LogP contribution in [0, 0.1) is 33.1 Å².